The van der Waals surface area contributed by atoms with Crippen LogP contribution in [0.5, 0.6) is 0 Å². The molecule has 0 radical (unpaired) electrons. The molecule has 2 N–H and O–H groups in total. The fraction of sp³-hybridized carbons (Fsp3) is 0.810. The predicted octanol–water partition coefficient (Wildman–Crippen LogP) is 6.15. The minimum absolute atomic E-state index is 0. The van der Waals surface area contributed by atoms with Crippen molar-refractivity contribution < 1.29 is 14.2 Å². The molecule has 0 aliphatic carbocycles. The van der Waals surface area contributed by atoms with Crippen molar-refractivity contribution in [3.63, 3.8) is 0 Å². The third kappa shape index (κ3) is 9.64. The normalized spacial score (nSPS) is 23.1. The number of ether oxygens (including phenoxy) is 1. The van der Waals surface area contributed by atoms with Crippen molar-refractivity contribution in [2.45, 2.75) is 106 Å². The number of rotatable bonds is 2. The Morgan fingerprint density at radius 1 is 1.07 bits per heavy atom. The Kier molecular flexibility index (Phi) is 40.7. The van der Waals surface area contributed by atoms with Crippen molar-refractivity contribution in [2.24, 2.45) is 5.92 Å². The largest absolute Gasteiger partial charge is 0.394 e. The monoisotopic (exact) mass is 418 g/mol. The van der Waals surface area contributed by atoms with Crippen molar-refractivity contribution in [3.8, 4) is 0 Å². The van der Waals surface area contributed by atoms with Crippen molar-refractivity contribution in [1.82, 2.24) is 9.55 Å². The Morgan fingerprint density at radius 2 is 1.50 bits per heavy atom. The van der Waals surface area contributed by atoms with Gasteiger partial charge in [-0.05, 0) is 6.92 Å². The van der Waals surface area contributed by atoms with E-state index in [0.717, 1.165) is 10.6 Å². The van der Waals surface area contributed by atoms with Gasteiger partial charge in [0.2, 0.25) is 0 Å². The highest BCUT2D eigenvalue weighted by molar-refractivity contribution is 4.99. The molecule has 0 aromatic carbocycles. The second-order valence-electron chi connectivity index (χ2n) is 4.67. The van der Waals surface area contributed by atoms with Gasteiger partial charge in [-0.25, -0.2) is 9.18 Å². The van der Waals surface area contributed by atoms with E-state index in [1.54, 1.807) is 6.92 Å². The van der Waals surface area contributed by atoms with Crippen LogP contribution >= 0.6 is 0 Å². The molecular formula is C21H55FN2O4. The lowest BCUT2D eigenvalue weighted by Gasteiger charge is -2.25. The first-order valence-corrected chi connectivity index (χ1v) is 5.64. The summed E-state index contributed by atoms with van der Waals surface area (Å²) in [5, 5.41) is 9.11. The molecule has 1 aliphatic rings. The van der Waals surface area contributed by atoms with Crippen LogP contribution in [0, 0.1) is 5.92 Å². The third-order valence-electron chi connectivity index (χ3n) is 3.52. The molecule has 1 saturated heterocycles. The summed E-state index contributed by atoms with van der Waals surface area (Å²) in [6.45, 7) is 2.60. The molecule has 0 spiro atoms. The lowest BCUT2D eigenvalue weighted by Crippen LogP contribution is -2.40. The first-order chi connectivity index (χ1) is 8.37. The molecule has 1 aromatic heterocycles. The van der Waals surface area contributed by atoms with Crippen LogP contribution < -0.4 is 11.2 Å². The minimum Gasteiger partial charge on any atom is -0.394 e. The van der Waals surface area contributed by atoms with E-state index in [4.69, 9.17) is 9.84 Å². The van der Waals surface area contributed by atoms with E-state index >= 15 is 0 Å². The number of aromatic amines is 1. The maximum Gasteiger partial charge on any atom is 0.330 e. The zero-order chi connectivity index (χ0) is 13.5. The van der Waals surface area contributed by atoms with Crippen molar-refractivity contribution >= 4 is 0 Å². The highest BCUT2D eigenvalue weighted by Crippen LogP contribution is 2.44. The molecule has 6 nitrogen and oxygen atoms in total. The summed E-state index contributed by atoms with van der Waals surface area (Å²) in [5.41, 5.74) is -3.10. The average Bonchev–Trinajstić information content (AvgIpc) is 2.52. The average molecular weight is 419 g/mol. The Bertz CT molecular complexity index is 556. The van der Waals surface area contributed by atoms with E-state index in [0.29, 0.717) is 0 Å². The number of alkyl halides is 1. The summed E-state index contributed by atoms with van der Waals surface area (Å²) in [6, 6.07) is 1.12. The second kappa shape index (κ2) is 20.3. The first kappa shape index (κ1) is 56.3. The maximum absolute atomic E-state index is 14.6. The number of aliphatic hydroxyl groups is 1. The minimum atomic E-state index is -1.81. The van der Waals surface area contributed by atoms with E-state index in [1.807, 2.05) is 4.98 Å². The van der Waals surface area contributed by atoms with Gasteiger partial charge >= 0.3 is 5.69 Å². The molecule has 28 heavy (non-hydrogen) atoms. The van der Waals surface area contributed by atoms with Crippen LogP contribution in [-0.4, -0.2) is 33.0 Å². The third-order valence-corrected chi connectivity index (χ3v) is 3.52. The van der Waals surface area contributed by atoms with Gasteiger partial charge in [0.15, 0.2) is 11.9 Å². The van der Waals surface area contributed by atoms with Crippen molar-refractivity contribution in [2.75, 3.05) is 6.61 Å². The van der Waals surface area contributed by atoms with Gasteiger partial charge in [-0.1, -0.05) is 81.2 Å². The number of hydrogen-bond acceptors (Lipinski definition) is 4. The van der Waals surface area contributed by atoms with E-state index < -0.39 is 35.2 Å². The molecular weight excluding hydrogens is 363 g/mol. The molecule has 2 heterocycles. The molecule has 1 aromatic rings. The fourth-order valence-corrected chi connectivity index (χ4v) is 2.16. The number of nitrogens with zero attached hydrogens (tertiary/aromatic N) is 1. The Balaban J connectivity index is -0.0000000516. The second-order valence-corrected chi connectivity index (χ2v) is 4.67. The molecule has 1 fully saturated rings. The lowest BCUT2D eigenvalue weighted by molar-refractivity contribution is -0.0611. The predicted molar refractivity (Wildman–Crippen MR) is 128 cm³/mol. The quantitative estimate of drug-likeness (QED) is 0.603. The first-order valence-electron chi connectivity index (χ1n) is 5.64. The van der Waals surface area contributed by atoms with Crippen LogP contribution in [0.4, 0.5) is 4.39 Å². The van der Waals surface area contributed by atoms with Crippen LogP contribution in [0.2, 0.25) is 0 Å². The van der Waals surface area contributed by atoms with Gasteiger partial charge in [0.1, 0.15) is 0 Å². The highest BCUT2D eigenvalue weighted by atomic mass is 19.1. The zero-order valence-electron chi connectivity index (χ0n) is 10.1. The fourth-order valence-electron chi connectivity index (χ4n) is 2.16. The summed E-state index contributed by atoms with van der Waals surface area (Å²) in [4.78, 5) is 24.6. The smallest absolute Gasteiger partial charge is 0.330 e. The number of hydrogen-bond donors (Lipinski definition) is 2. The molecule has 4 atom stereocenters. The van der Waals surface area contributed by atoms with Crippen molar-refractivity contribution in [1.29, 1.82) is 0 Å². The van der Waals surface area contributed by atoms with Gasteiger partial charge in [-0.3, -0.25) is 14.3 Å². The van der Waals surface area contributed by atoms with E-state index in [2.05, 4.69) is 0 Å². The van der Waals surface area contributed by atoms with E-state index in [-0.39, 0.29) is 80.9 Å². The van der Waals surface area contributed by atoms with Crippen LogP contribution in [0.1, 0.15) is 94.3 Å². The van der Waals surface area contributed by atoms with Crippen LogP contribution in [-0.2, 0) is 4.74 Å². The molecule has 0 amide bonds. The molecule has 0 unspecified atom stereocenters. The van der Waals surface area contributed by atoms with Crippen LogP contribution in [0.3, 0.4) is 0 Å². The van der Waals surface area contributed by atoms with Gasteiger partial charge in [0, 0.05) is 18.2 Å². The number of halogens is 1. The summed E-state index contributed by atoms with van der Waals surface area (Å²) in [7, 11) is 0. The van der Waals surface area contributed by atoms with Crippen LogP contribution in [0.15, 0.2) is 21.9 Å². The van der Waals surface area contributed by atoms with Gasteiger partial charge < -0.3 is 9.84 Å². The van der Waals surface area contributed by atoms with E-state index in [9.17, 15) is 14.0 Å². The summed E-state index contributed by atoms with van der Waals surface area (Å²) in [5.74, 6) is -0.564. The van der Waals surface area contributed by atoms with Gasteiger partial charge in [-0.2, -0.15) is 0 Å². The molecule has 0 bridgehead atoms. The zero-order valence-corrected chi connectivity index (χ0v) is 10.1. The number of nitrogens with one attached hydrogen (secondary N) is 1. The van der Waals surface area contributed by atoms with Crippen LogP contribution in [0.25, 0.3) is 0 Å². The molecule has 7 heteroatoms. The molecule has 1 aliphatic heterocycles. The molecule has 180 valence electrons. The SMILES string of the molecule is C.C.C.C.C.C.C.C.C.C.C[C@@H]1[C@@H](CO)O[C@@H](n2ccc(=O)[nH]c2=O)[C@]1(C)F. The lowest BCUT2D eigenvalue weighted by atomic mass is 9.90. The van der Waals surface area contributed by atoms with Gasteiger partial charge in [-0.15, -0.1) is 0 Å². The summed E-state index contributed by atoms with van der Waals surface area (Å²) in [6.07, 6.45) is -0.645. The Morgan fingerprint density at radius 3 is 1.82 bits per heavy atom. The summed E-state index contributed by atoms with van der Waals surface area (Å²) >= 11 is 0. The summed E-state index contributed by atoms with van der Waals surface area (Å²) < 4.78 is 20.9. The number of aliphatic hydroxyl groups excluding tert-OH is 1. The molecule has 2 rings (SSSR count). The van der Waals surface area contributed by atoms with E-state index in [1.165, 1.54) is 13.1 Å². The number of H-pyrrole nitrogens is 1. The Hall–Kier alpha value is -1.47. The maximum atomic E-state index is 14.6. The van der Waals surface area contributed by atoms with Gasteiger partial charge in [0.25, 0.3) is 5.56 Å². The standard InChI is InChI=1S/C11H15FN2O4.10CH4/c1-6-7(5-15)18-9(11(6,2)12)14-4-3-8(16)13-10(14)17;;;;;;;;;;/h3-4,6-7,9,15H,5H2,1-2H3,(H,13,16,17);10*1H4/t6-,7-,9-,11-;;;;;;;;;;/m1........../s1. The number of aromatic nitrogens is 2. The topological polar surface area (TPSA) is 84.3 Å². The van der Waals surface area contributed by atoms with Crippen molar-refractivity contribution in [3.05, 3.63) is 33.1 Å². The Labute approximate surface area is 176 Å². The highest BCUT2D eigenvalue weighted by Gasteiger charge is 2.53. The van der Waals surface area contributed by atoms with Gasteiger partial charge in [0.05, 0.1) is 12.7 Å². The molecule has 0 saturated carbocycles.